The van der Waals surface area contributed by atoms with E-state index in [1.54, 1.807) is 32.0 Å². The van der Waals surface area contributed by atoms with Crippen molar-refractivity contribution in [2.45, 2.75) is 31.7 Å². The zero-order chi connectivity index (χ0) is 21.6. The Bertz CT molecular complexity index is 1080. The average Bonchev–Trinajstić information content (AvgIpc) is 3.16. The van der Waals surface area contributed by atoms with Crippen LogP contribution in [0.3, 0.4) is 0 Å². The van der Waals surface area contributed by atoms with Crippen LogP contribution in [0.25, 0.3) is 0 Å². The smallest absolute Gasteiger partial charge is 0.325 e. The molecule has 2 aromatic rings. The van der Waals surface area contributed by atoms with Crippen molar-refractivity contribution in [1.29, 1.82) is 0 Å². The second-order valence-electron chi connectivity index (χ2n) is 7.52. The fraction of sp³-hybridized carbons (Fsp3) is 0.273. The maximum atomic E-state index is 13.3. The Morgan fingerprint density at radius 3 is 2.50 bits per heavy atom. The molecule has 0 aromatic heterocycles. The number of halogens is 1. The maximum absolute atomic E-state index is 13.3. The van der Waals surface area contributed by atoms with Crippen molar-refractivity contribution < 1.29 is 23.6 Å². The lowest BCUT2D eigenvalue weighted by atomic mass is 9.87. The van der Waals surface area contributed by atoms with Gasteiger partial charge < -0.3 is 10.6 Å². The lowest BCUT2D eigenvalue weighted by Crippen LogP contribution is -2.43. The summed E-state index contributed by atoms with van der Waals surface area (Å²) in [7, 11) is 0. The highest BCUT2D eigenvalue weighted by molar-refractivity contribution is 6.12. The predicted octanol–water partition coefficient (Wildman–Crippen LogP) is 2.92. The number of nitrogens with zero attached hydrogens (tertiary/aromatic N) is 1. The quantitative estimate of drug-likeness (QED) is 0.586. The van der Waals surface area contributed by atoms with Crippen molar-refractivity contribution in [3.8, 4) is 0 Å². The summed E-state index contributed by atoms with van der Waals surface area (Å²) in [5, 5.41) is 5.41. The van der Waals surface area contributed by atoms with Gasteiger partial charge in [0, 0.05) is 11.3 Å². The molecule has 154 valence electrons. The molecule has 0 aliphatic carbocycles. The van der Waals surface area contributed by atoms with Crippen LogP contribution in [0.1, 0.15) is 47.7 Å². The van der Waals surface area contributed by atoms with E-state index in [-0.39, 0.29) is 18.2 Å². The molecular formula is C22H20FN3O4. The Morgan fingerprint density at radius 2 is 1.83 bits per heavy atom. The average molecular weight is 409 g/mol. The summed E-state index contributed by atoms with van der Waals surface area (Å²) in [5.74, 6) is -1.95. The van der Waals surface area contributed by atoms with E-state index in [0.29, 0.717) is 22.4 Å². The van der Waals surface area contributed by atoms with Crippen molar-refractivity contribution in [1.82, 2.24) is 10.2 Å². The van der Waals surface area contributed by atoms with Crippen LogP contribution in [0.15, 0.2) is 42.5 Å². The van der Waals surface area contributed by atoms with E-state index in [0.717, 1.165) is 4.90 Å². The fourth-order valence-corrected chi connectivity index (χ4v) is 3.97. The molecule has 4 amide bonds. The van der Waals surface area contributed by atoms with E-state index in [9.17, 15) is 23.6 Å². The van der Waals surface area contributed by atoms with Crippen LogP contribution in [0.5, 0.6) is 0 Å². The summed E-state index contributed by atoms with van der Waals surface area (Å²) in [6, 6.07) is 9.50. The van der Waals surface area contributed by atoms with Gasteiger partial charge in [0.05, 0.1) is 12.5 Å². The van der Waals surface area contributed by atoms with Crippen molar-refractivity contribution in [2.24, 2.45) is 0 Å². The van der Waals surface area contributed by atoms with Crippen LogP contribution in [-0.4, -0.2) is 35.1 Å². The molecule has 1 fully saturated rings. The highest BCUT2D eigenvalue weighted by atomic mass is 19.1. The number of Topliss-reactive ketones (excluding diaryl/α,β-unsaturated/α-hetero) is 1. The van der Waals surface area contributed by atoms with E-state index in [4.69, 9.17) is 0 Å². The molecule has 2 aromatic carbocycles. The van der Waals surface area contributed by atoms with Crippen LogP contribution in [0.4, 0.5) is 14.9 Å². The monoisotopic (exact) mass is 409 g/mol. The number of carbonyl (C=O) groups is 4. The molecular weight excluding hydrogens is 389 g/mol. The highest BCUT2D eigenvalue weighted by Gasteiger charge is 2.51. The van der Waals surface area contributed by atoms with Gasteiger partial charge in [0.2, 0.25) is 5.91 Å². The Morgan fingerprint density at radius 1 is 1.13 bits per heavy atom. The van der Waals surface area contributed by atoms with Gasteiger partial charge in [0.1, 0.15) is 11.4 Å². The van der Waals surface area contributed by atoms with Gasteiger partial charge >= 0.3 is 6.03 Å². The summed E-state index contributed by atoms with van der Waals surface area (Å²) in [5.41, 5.74) is 0.787. The zero-order valence-corrected chi connectivity index (χ0v) is 16.5. The Hall–Kier alpha value is -3.55. The van der Waals surface area contributed by atoms with Crippen LogP contribution in [0.2, 0.25) is 0 Å². The van der Waals surface area contributed by atoms with Crippen LogP contribution >= 0.6 is 0 Å². The van der Waals surface area contributed by atoms with Gasteiger partial charge in [-0.3, -0.25) is 19.3 Å². The minimum atomic E-state index is -1.34. The normalized spacial score (nSPS) is 22.7. The summed E-state index contributed by atoms with van der Waals surface area (Å²) in [6.07, 6.45) is 0.248. The number of imide groups is 1. The SMILES string of the molecule is CC[C@@]1(c2ccc(F)cc2)NC(=O)N(CC(=O)c2ccc3c(c2)[C@H](C)C(=O)N3)C1=O. The number of benzene rings is 2. The van der Waals surface area contributed by atoms with Crippen molar-refractivity contribution in [3.63, 3.8) is 0 Å². The van der Waals surface area contributed by atoms with E-state index >= 15 is 0 Å². The third kappa shape index (κ3) is 2.96. The third-order valence-corrected chi connectivity index (χ3v) is 5.84. The number of carbonyl (C=O) groups excluding carboxylic acids is 4. The number of urea groups is 1. The molecule has 0 radical (unpaired) electrons. The van der Waals surface area contributed by atoms with Crippen molar-refractivity contribution >= 4 is 29.3 Å². The molecule has 0 spiro atoms. The van der Waals surface area contributed by atoms with Crippen molar-refractivity contribution in [3.05, 3.63) is 65.0 Å². The number of anilines is 1. The van der Waals surface area contributed by atoms with Crippen LogP contribution < -0.4 is 10.6 Å². The largest absolute Gasteiger partial charge is 0.325 e. The van der Waals surface area contributed by atoms with E-state index in [2.05, 4.69) is 10.6 Å². The summed E-state index contributed by atoms with van der Waals surface area (Å²) in [6.45, 7) is 3.05. The van der Waals surface area contributed by atoms with Gasteiger partial charge in [0.25, 0.3) is 5.91 Å². The van der Waals surface area contributed by atoms with E-state index in [1.807, 2.05) is 0 Å². The molecule has 4 rings (SSSR count). The lowest BCUT2D eigenvalue weighted by molar-refractivity contribution is -0.131. The van der Waals surface area contributed by atoms with E-state index < -0.39 is 35.6 Å². The number of amides is 4. The van der Waals surface area contributed by atoms with Gasteiger partial charge in [-0.2, -0.15) is 0 Å². The first-order valence-electron chi connectivity index (χ1n) is 9.65. The molecule has 2 atom stereocenters. The molecule has 1 saturated heterocycles. The lowest BCUT2D eigenvalue weighted by Gasteiger charge is -2.25. The Balaban J connectivity index is 1.59. The molecule has 2 aliphatic rings. The maximum Gasteiger partial charge on any atom is 0.325 e. The number of hydrogen-bond acceptors (Lipinski definition) is 4. The van der Waals surface area contributed by atoms with E-state index in [1.165, 1.54) is 24.3 Å². The standard InChI is InChI=1S/C22H20FN3O4/c1-3-22(14-5-7-15(23)8-6-14)20(29)26(21(30)25-22)11-18(27)13-4-9-17-16(10-13)12(2)19(28)24-17/h4-10,12H,3,11H2,1-2H3,(H,24,28)(H,25,30)/t12-,22-/m0/s1. The minimum absolute atomic E-state index is 0.143. The van der Waals surface area contributed by atoms with Crippen LogP contribution in [-0.2, 0) is 15.1 Å². The summed E-state index contributed by atoms with van der Waals surface area (Å²) in [4.78, 5) is 51.2. The number of nitrogens with one attached hydrogen (secondary N) is 2. The molecule has 30 heavy (non-hydrogen) atoms. The van der Waals surface area contributed by atoms with Gasteiger partial charge in [-0.05, 0) is 54.8 Å². The van der Waals surface area contributed by atoms with Gasteiger partial charge in [0.15, 0.2) is 5.78 Å². The summed E-state index contributed by atoms with van der Waals surface area (Å²) >= 11 is 0. The minimum Gasteiger partial charge on any atom is -0.325 e. The second kappa shape index (κ2) is 7.05. The number of fused-ring (bicyclic) bond motifs is 1. The number of hydrogen-bond donors (Lipinski definition) is 2. The first-order valence-corrected chi connectivity index (χ1v) is 9.65. The highest BCUT2D eigenvalue weighted by Crippen LogP contribution is 2.34. The van der Waals surface area contributed by atoms with Crippen molar-refractivity contribution in [2.75, 3.05) is 11.9 Å². The molecule has 0 saturated carbocycles. The first kappa shape index (κ1) is 19.8. The first-order chi connectivity index (χ1) is 14.3. The molecule has 2 heterocycles. The van der Waals surface area contributed by atoms with Gasteiger partial charge in [-0.15, -0.1) is 0 Å². The molecule has 0 bridgehead atoms. The fourth-order valence-electron chi connectivity index (χ4n) is 3.97. The Labute approximate surface area is 172 Å². The Kier molecular flexibility index (Phi) is 4.64. The number of rotatable bonds is 5. The second-order valence-corrected chi connectivity index (χ2v) is 7.52. The topological polar surface area (TPSA) is 95.6 Å². The van der Waals surface area contributed by atoms with Crippen LogP contribution in [0, 0.1) is 5.82 Å². The predicted molar refractivity (Wildman–Crippen MR) is 106 cm³/mol. The third-order valence-electron chi connectivity index (χ3n) is 5.84. The van der Waals surface area contributed by atoms with Gasteiger partial charge in [-0.25, -0.2) is 9.18 Å². The van der Waals surface area contributed by atoms with Gasteiger partial charge in [-0.1, -0.05) is 19.1 Å². The summed E-state index contributed by atoms with van der Waals surface area (Å²) < 4.78 is 13.3. The number of ketones is 1. The molecule has 8 heteroatoms. The zero-order valence-electron chi connectivity index (χ0n) is 16.5. The molecule has 0 unspecified atom stereocenters. The molecule has 2 N–H and O–H groups in total. The molecule has 7 nitrogen and oxygen atoms in total. The molecule has 2 aliphatic heterocycles.